The standard InChI is InChI=1S/C19H12ClN3O2/c20-15-7-17-16(24-10-25-17)6-12(15)18-13(8-21)19(22)23-9-14(18)11-4-2-1-3-5-11/h1-7,9H,10H2,(H2,22,23). The Morgan fingerprint density at radius 3 is 2.52 bits per heavy atom. The lowest BCUT2D eigenvalue weighted by Gasteiger charge is -2.15. The minimum Gasteiger partial charge on any atom is -0.454 e. The average molecular weight is 350 g/mol. The fourth-order valence-electron chi connectivity index (χ4n) is 2.86. The van der Waals surface area contributed by atoms with Crippen molar-refractivity contribution in [2.24, 2.45) is 0 Å². The quantitative estimate of drug-likeness (QED) is 0.747. The van der Waals surface area contributed by atoms with Gasteiger partial charge in [-0.15, -0.1) is 0 Å². The van der Waals surface area contributed by atoms with Crippen molar-refractivity contribution in [1.29, 1.82) is 5.26 Å². The fourth-order valence-corrected chi connectivity index (χ4v) is 3.11. The molecule has 0 saturated heterocycles. The molecule has 2 aromatic carbocycles. The molecule has 0 radical (unpaired) electrons. The summed E-state index contributed by atoms with van der Waals surface area (Å²) in [4.78, 5) is 4.17. The number of aromatic nitrogens is 1. The summed E-state index contributed by atoms with van der Waals surface area (Å²) in [5.74, 6) is 1.32. The maximum atomic E-state index is 9.65. The molecule has 25 heavy (non-hydrogen) atoms. The van der Waals surface area contributed by atoms with Gasteiger partial charge in [0.2, 0.25) is 6.79 Å². The molecule has 0 spiro atoms. The molecule has 1 aliphatic heterocycles. The summed E-state index contributed by atoms with van der Waals surface area (Å²) < 4.78 is 10.8. The van der Waals surface area contributed by atoms with Gasteiger partial charge in [0.15, 0.2) is 11.5 Å². The Balaban J connectivity index is 2.04. The van der Waals surface area contributed by atoms with E-state index in [0.29, 0.717) is 27.6 Å². The second kappa shape index (κ2) is 6.00. The second-order valence-electron chi connectivity index (χ2n) is 5.47. The summed E-state index contributed by atoms with van der Waals surface area (Å²) >= 11 is 6.48. The first-order chi connectivity index (χ1) is 12.2. The van der Waals surface area contributed by atoms with Crippen LogP contribution in [0.15, 0.2) is 48.7 Å². The molecular formula is C19H12ClN3O2. The van der Waals surface area contributed by atoms with Crippen LogP contribution >= 0.6 is 11.6 Å². The van der Waals surface area contributed by atoms with Crippen LogP contribution in [0.4, 0.5) is 5.82 Å². The fraction of sp³-hybridized carbons (Fsp3) is 0.0526. The molecule has 122 valence electrons. The van der Waals surface area contributed by atoms with Crippen molar-refractivity contribution >= 4 is 17.4 Å². The van der Waals surface area contributed by atoms with Gasteiger partial charge >= 0.3 is 0 Å². The summed E-state index contributed by atoms with van der Waals surface area (Å²) in [6.07, 6.45) is 1.65. The highest BCUT2D eigenvalue weighted by molar-refractivity contribution is 6.34. The predicted octanol–water partition coefficient (Wildman–Crippen LogP) is 4.25. The highest BCUT2D eigenvalue weighted by atomic mass is 35.5. The number of pyridine rings is 1. The van der Waals surface area contributed by atoms with Gasteiger partial charge in [0.1, 0.15) is 17.5 Å². The van der Waals surface area contributed by atoms with Gasteiger partial charge in [-0.3, -0.25) is 0 Å². The first-order valence-electron chi connectivity index (χ1n) is 7.52. The molecule has 2 heterocycles. The van der Waals surface area contributed by atoms with Crippen LogP contribution in [-0.2, 0) is 0 Å². The molecule has 5 nitrogen and oxygen atoms in total. The van der Waals surface area contributed by atoms with E-state index in [0.717, 1.165) is 11.1 Å². The highest BCUT2D eigenvalue weighted by Crippen LogP contribution is 2.45. The first kappa shape index (κ1) is 15.3. The number of nitriles is 1. The highest BCUT2D eigenvalue weighted by Gasteiger charge is 2.23. The summed E-state index contributed by atoms with van der Waals surface area (Å²) in [5.41, 5.74) is 9.19. The minimum atomic E-state index is 0.143. The zero-order valence-corrected chi connectivity index (χ0v) is 13.7. The van der Waals surface area contributed by atoms with E-state index in [2.05, 4.69) is 11.1 Å². The number of rotatable bonds is 2. The number of ether oxygens (including phenoxy) is 2. The maximum Gasteiger partial charge on any atom is 0.231 e. The van der Waals surface area contributed by atoms with Crippen LogP contribution in [0.5, 0.6) is 11.5 Å². The third-order valence-corrected chi connectivity index (χ3v) is 4.35. The van der Waals surface area contributed by atoms with Crippen LogP contribution in [0.3, 0.4) is 0 Å². The Morgan fingerprint density at radius 2 is 1.80 bits per heavy atom. The van der Waals surface area contributed by atoms with Crippen LogP contribution in [0.2, 0.25) is 5.02 Å². The number of hydrogen-bond donors (Lipinski definition) is 1. The molecule has 0 aliphatic carbocycles. The zero-order valence-electron chi connectivity index (χ0n) is 13.0. The molecule has 0 saturated carbocycles. The van der Waals surface area contributed by atoms with Gasteiger partial charge in [-0.25, -0.2) is 4.98 Å². The van der Waals surface area contributed by atoms with Gasteiger partial charge in [0.25, 0.3) is 0 Å². The second-order valence-corrected chi connectivity index (χ2v) is 5.88. The van der Waals surface area contributed by atoms with Crippen molar-refractivity contribution < 1.29 is 9.47 Å². The van der Waals surface area contributed by atoms with Crippen LogP contribution in [-0.4, -0.2) is 11.8 Å². The van der Waals surface area contributed by atoms with Crippen molar-refractivity contribution in [1.82, 2.24) is 4.98 Å². The molecule has 1 aliphatic rings. The van der Waals surface area contributed by atoms with E-state index in [4.69, 9.17) is 26.8 Å². The number of nitrogens with zero attached hydrogens (tertiary/aromatic N) is 2. The van der Waals surface area contributed by atoms with E-state index in [9.17, 15) is 5.26 Å². The average Bonchev–Trinajstić information content (AvgIpc) is 3.08. The predicted molar refractivity (Wildman–Crippen MR) is 95.4 cm³/mol. The normalized spacial score (nSPS) is 12.0. The smallest absolute Gasteiger partial charge is 0.231 e. The van der Waals surface area contributed by atoms with Crippen LogP contribution in [0.1, 0.15) is 5.56 Å². The largest absolute Gasteiger partial charge is 0.454 e. The lowest BCUT2D eigenvalue weighted by atomic mass is 9.92. The molecule has 0 fully saturated rings. The van der Waals surface area contributed by atoms with E-state index >= 15 is 0 Å². The molecule has 0 unspecified atom stereocenters. The van der Waals surface area contributed by atoms with E-state index in [1.54, 1.807) is 18.3 Å². The Labute approximate surface area is 149 Å². The maximum absolute atomic E-state index is 9.65. The van der Waals surface area contributed by atoms with E-state index in [-0.39, 0.29) is 18.2 Å². The lowest BCUT2D eigenvalue weighted by Crippen LogP contribution is -2.00. The first-order valence-corrected chi connectivity index (χ1v) is 7.90. The topological polar surface area (TPSA) is 81.2 Å². The van der Waals surface area contributed by atoms with Gasteiger partial charge in [-0.05, 0) is 11.6 Å². The SMILES string of the molecule is N#Cc1c(N)ncc(-c2ccccc2)c1-c1cc2c(cc1Cl)OCO2. The third kappa shape index (κ3) is 2.53. The van der Waals surface area contributed by atoms with Crippen molar-refractivity contribution in [2.75, 3.05) is 12.5 Å². The van der Waals surface area contributed by atoms with Gasteiger partial charge in [0.05, 0.1) is 5.02 Å². The monoisotopic (exact) mass is 349 g/mol. The van der Waals surface area contributed by atoms with E-state index in [1.807, 2.05) is 30.3 Å². The van der Waals surface area contributed by atoms with Crippen molar-refractivity contribution in [2.45, 2.75) is 0 Å². The van der Waals surface area contributed by atoms with Crippen LogP contribution < -0.4 is 15.2 Å². The van der Waals surface area contributed by atoms with Crippen molar-refractivity contribution in [3.8, 4) is 39.8 Å². The van der Waals surface area contributed by atoms with Crippen molar-refractivity contribution in [3.05, 3.63) is 59.2 Å². The molecule has 0 amide bonds. The third-order valence-electron chi connectivity index (χ3n) is 4.04. The van der Waals surface area contributed by atoms with Crippen LogP contribution in [0.25, 0.3) is 22.3 Å². The van der Waals surface area contributed by atoms with Gasteiger partial charge < -0.3 is 15.2 Å². The number of hydrogen-bond acceptors (Lipinski definition) is 5. The summed E-state index contributed by atoms with van der Waals surface area (Å²) in [7, 11) is 0. The number of fused-ring (bicyclic) bond motifs is 1. The summed E-state index contributed by atoms with van der Waals surface area (Å²) in [5, 5.41) is 10.1. The zero-order chi connectivity index (χ0) is 17.4. The Hall–Kier alpha value is -3.23. The number of nitrogen functional groups attached to an aromatic ring is 1. The lowest BCUT2D eigenvalue weighted by molar-refractivity contribution is 0.174. The molecule has 1 aromatic heterocycles. The van der Waals surface area contributed by atoms with E-state index < -0.39 is 0 Å². The number of benzene rings is 2. The summed E-state index contributed by atoms with van der Waals surface area (Å²) in [6.45, 7) is 0.143. The van der Waals surface area contributed by atoms with Gasteiger partial charge in [-0.1, -0.05) is 41.9 Å². The molecule has 4 rings (SSSR count). The molecule has 0 bridgehead atoms. The van der Waals surface area contributed by atoms with Gasteiger partial charge in [-0.2, -0.15) is 5.26 Å². The Bertz CT molecular complexity index is 1010. The summed E-state index contributed by atoms with van der Waals surface area (Å²) in [6, 6.07) is 15.3. The molecule has 3 aromatic rings. The number of nitrogens with two attached hydrogens (primary N) is 1. The molecule has 2 N–H and O–H groups in total. The Kier molecular flexibility index (Phi) is 3.68. The number of anilines is 1. The van der Waals surface area contributed by atoms with Gasteiger partial charge in [0, 0.05) is 29.0 Å². The van der Waals surface area contributed by atoms with E-state index in [1.165, 1.54) is 0 Å². The number of halogens is 1. The molecule has 0 atom stereocenters. The minimum absolute atomic E-state index is 0.143. The van der Waals surface area contributed by atoms with Crippen molar-refractivity contribution in [3.63, 3.8) is 0 Å². The molecular weight excluding hydrogens is 338 g/mol. The Morgan fingerprint density at radius 1 is 1.08 bits per heavy atom. The van der Waals surface area contributed by atoms with Crippen LogP contribution in [0, 0.1) is 11.3 Å². The molecule has 6 heteroatoms.